The van der Waals surface area contributed by atoms with Gasteiger partial charge in [0.1, 0.15) is 12.1 Å². The molecule has 1 aromatic heterocycles. The first kappa shape index (κ1) is 15.6. The van der Waals surface area contributed by atoms with Gasteiger partial charge in [-0.15, -0.1) is 0 Å². The molecular formula is C14H13BrF2N2O2. The van der Waals surface area contributed by atoms with Crippen LogP contribution in [0.5, 0.6) is 11.6 Å². The molecule has 1 unspecified atom stereocenters. The van der Waals surface area contributed by atoms with Crippen molar-refractivity contribution in [3.8, 4) is 11.6 Å². The van der Waals surface area contributed by atoms with E-state index >= 15 is 0 Å². The Balaban J connectivity index is 2.17. The maximum absolute atomic E-state index is 12.4. The minimum Gasteiger partial charge on any atom is -0.481 e. The van der Waals surface area contributed by atoms with E-state index in [9.17, 15) is 8.78 Å². The Bertz CT molecular complexity index is 599. The molecule has 2 aromatic rings. The van der Waals surface area contributed by atoms with Crippen molar-refractivity contribution in [2.24, 2.45) is 0 Å². The summed E-state index contributed by atoms with van der Waals surface area (Å²) in [5.41, 5.74) is 1.37. The Morgan fingerprint density at radius 2 is 2.00 bits per heavy atom. The quantitative estimate of drug-likeness (QED) is 0.737. The van der Waals surface area contributed by atoms with Crippen LogP contribution in [0.3, 0.4) is 0 Å². The van der Waals surface area contributed by atoms with Crippen molar-refractivity contribution in [1.29, 1.82) is 0 Å². The van der Waals surface area contributed by atoms with Crippen molar-refractivity contribution in [2.75, 3.05) is 7.11 Å². The van der Waals surface area contributed by atoms with Gasteiger partial charge in [-0.1, -0.05) is 34.1 Å². The highest BCUT2D eigenvalue weighted by Gasteiger charge is 2.17. The van der Waals surface area contributed by atoms with Gasteiger partial charge in [-0.05, 0) is 6.07 Å². The van der Waals surface area contributed by atoms with Crippen molar-refractivity contribution < 1.29 is 18.3 Å². The summed E-state index contributed by atoms with van der Waals surface area (Å²) in [6.07, 6.45) is 1.89. The Kier molecular flexibility index (Phi) is 5.44. The fraction of sp³-hybridized carbons (Fsp3) is 0.286. The number of rotatable bonds is 6. The normalized spacial score (nSPS) is 12.2. The van der Waals surface area contributed by atoms with Crippen molar-refractivity contribution in [1.82, 2.24) is 9.97 Å². The minimum atomic E-state index is -2.86. The standard InChI is InChI=1S/C14H13BrF2N2O2/c1-20-13-7-9(18-8-19-13)6-11(15)10-4-2-3-5-12(10)21-14(16)17/h2-5,7-8,11,14H,6H2,1H3. The number of halogens is 3. The van der Waals surface area contributed by atoms with Gasteiger partial charge < -0.3 is 9.47 Å². The molecule has 0 N–H and O–H groups in total. The largest absolute Gasteiger partial charge is 0.481 e. The van der Waals surface area contributed by atoms with E-state index in [-0.39, 0.29) is 10.6 Å². The van der Waals surface area contributed by atoms with Crippen LogP contribution in [-0.4, -0.2) is 23.7 Å². The van der Waals surface area contributed by atoms with E-state index in [0.29, 0.717) is 17.9 Å². The van der Waals surface area contributed by atoms with Gasteiger partial charge in [0.15, 0.2) is 0 Å². The molecule has 7 heteroatoms. The number of alkyl halides is 3. The number of methoxy groups -OCH3 is 1. The lowest BCUT2D eigenvalue weighted by molar-refractivity contribution is -0.0504. The van der Waals surface area contributed by atoms with Crippen LogP contribution in [-0.2, 0) is 6.42 Å². The first-order valence-corrected chi connectivity index (χ1v) is 7.04. The van der Waals surface area contributed by atoms with E-state index in [1.54, 1.807) is 24.3 Å². The summed E-state index contributed by atoms with van der Waals surface area (Å²) in [4.78, 5) is 7.84. The zero-order valence-electron chi connectivity index (χ0n) is 11.2. The molecule has 112 valence electrons. The van der Waals surface area contributed by atoms with Gasteiger partial charge in [0.2, 0.25) is 5.88 Å². The zero-order chi connectivity index (χ0) is 15.2. The Morgan fingerprint density at radius 1 is 1.24 bits per heavy atom. The number of hydrogen-bond acceptors (Lipinski definition) is 4. The second-order valence-electron chi connectivity index (χ2n) is 4.14. The smallest absolute Gasteiger partial charge is 0.387 e. The predicted molar refractivity (Wildman–Crippen MR) is 77.0 cm³/mol. The third-order valence-corrected chi connectivity index (χ3v) is 3.59. The first-order chi connectivity index (χ1) is 10.1. The summed E-state index contributed by atoms with van der Waals surface area (Å²) in [6, 6.07) is 8.36. The summed E-state index contributed by atoms with van der Waals surface area (Å²) in [7, 11) is 1.52. The molecule has 0 saturated carbocycles. The molecule has 0 aliphatic rings. The Hall–Kier alpha value is -1.76. The average Bonchev–Trinajstić information content (AvgIpc) is 2.47. The van der Waals surface area contributed by atoms with Crippen LogP contribution in [0.1, 0.15) is 16.1 Å². The third-order valence-electron chi connectivity index (χ3n) is 2.77. The van der Waals surface area contributed by atoms with Crippen molar-refractivity contribution in [3.63, 3.8) is 0 Å². The second-order valence-corrected chi connectivity index (χ2v) is 5.25. The maximum Gasteiger partial charge on any atom is 0.387 e. The molecule has 1 atom stereocenters. The maximum atomic E-state index is 12.4. The molecule has 1 heterocycles. The summed E-state index contributed by atoms with van der Waals surface area (Å²) in [5.74, 6) is 0.604. The molecule has 1 aromatic carbocycles. The number of ether oxygens (including phenoxy) is 2. The predicted octanol–water partition coefficient (Wildman–Crippen LogP) is 3.77. The van der Waals surface area contributed by atoms with E-state index < -0.39 is 6.61 Å². The minimum absolute atomic E-state index is 0.149. The fourth-order valence-corrected chi connectivity index (χ4v) is 2.55. The van der Waals surface area contributed by atoms with Gasteiger partial charge in [-0.3, -0.25) is 0 Å². The summed E-state index contributed by atoms with van der Waals surface area (Å²) in [6.45, 7) is -2.86. The number of hydrogen-bond donors (Lipinski definition) is 0. The van der Waals surface area contributed by atoms with Gasteiger partial charge in [-0.25, -0.2) is 9.97 Å². The molecule has 0 amide bonds. The molecule has 4 nitrogen and oxygen atoms in total. The monoisotopic (exact) mass is 358 g/mol. The number of nitrogens with zero attached hydrogens (tertiary/aromatic N) is 2. The van der Waals surface area contributed by atoms with Gasteiger partial charge in [-0.2, -0.15) is 8.78 Å². The van der Waals surface area contributed by atoms with Gasteiger partial charge in [0.25, 0.3) is 0 Å². The second kappa shape index (κ2) is 7.31. The molecule has 0 aliphatic heterocycles. The van der Waals surface area contributed by atoms with Gasteiger partial charge in [0.05, 0.1) is 7.11 Å². The van der Waals surface area contributed by atoms with Crippen LogP contribution in [0.15, 0.2) is 36.7 Å². The van der Waals surface area contributed by atoms with Gasteiger partial charge >= 0.3 is 6.61 Å². The van der Waals surface area contributed by atoms with E-state index in [2.05, 4.69) is 30.6 Å². The molecule has 0 aliphatic carbocycles. The highest BCUT2D eigenvalue weighted by Crippen LogP contribution is 2.34. The lowest BCUT2D eigenvalue weighted by atomic mass is 10.1. The molecule has 0 spiro atoms. The molecule has 2 rings (SSSR count). The highest BCUT2D eigenvalue weighted by atomic mass is 79.9. The number of aromatic nitrogens is 2. The van der Waals surface area contributed by atoms with Gasteiger partial charge in [0, 0.05) is 28.6 Å². The Morgan fingerprint density at radius 3 is 2.71 bits per heavy atom. The molecule has 0 fully saturated rings. The SMILES string of the molecule is COc1cc(CC(Br)c2ccccc2OC(F)F)ncn1. The van der Waals surface area contributed by atoms with Crippen LogP contribution in [0.4, 0.5) is 8.78 Å². The summed E-state index contributed by atoms with van der Waals surface area (Å²) in [5, 5.41) is 0. The first-order valence-electron chi connectivity index (χ1n) is 6.13. The van der Waals surface area contributed by atoms with Crippen molar-refractivity contribution in [3.05, 3.63) is 47.9 Å². The van der Waals surface area contributed by atoms with Crippen molar-refractivity contribution >= 4 is 15.9 Å². The van der Waals surface area contributed by atoms with Crippen LogP contribution in [0.2, 0.25) is 0 Å². The lowest BCUT2D eigenvalue weighted by Crippen LogP contribution is -2.06. The van der Waals surface area contributed by atoms with E-state index in [0.717, 1.165) is 5.69 Å². The highest BCUT2D eigenvalue weighted by molar-refractivity contribution is 9.09. The molecule has 0 radical (unpaired) electrons. The number of para-hydroxylation sites is 1. The molecule has 0 saturated heterocycles. The van der Waals surface area contributed by atoms with E-state index in [4.69, 9.17) is 4.74 Å². The molecule has 0 bridgehead atoms. The topological polar surface area (TPSA) is 44.2 Å². The summed E-state index contributed by atoms with van der Waals surface area (Å²) >= 11 is 3.48. The van der Waals surface area contributed by atoms with Crippen LogP contribution in [0, 0.1) is 0 Å². The molecular weight excluding hydrogens is 346 g/mol. The van der Waals surface area contributed by atoms with E-state index in [1.165, 1.54) is 19.5 Å². The average molecular weight is 359 g/mol. The fourth-order valence-electron chi connectivity index (χ4n) is 1.84. The van der Waals surface area contributed by atoms with Crippen LogP contribution >= 0.6 is 15.9 Å². The van der Waals surface area contributed by atoms with Crippen molar-refractivity contribution in [2.45, 2.75) is 17.9 Å². The zero-order valence-corrected chi connectivity index (χ0v) is 12.8. The summed E-state index contributed by atoms with van der Waals surface area (Å²) < 4.78 is 34.4. The van der Waals surface area contributed by atoms with Crippen LogP contribution < -0.4 is 9.47 Å². The Labute approximate surface area is 129 Å². The number of benzene rings is 1. The van der Waals surface area contributed by atoms with Crippen LogP contribution in [0.25, 0.3) is 0 Å². The third kappa shape index (κ3) is 4.35. The molecule has 21 heavy (non-hydrogen) atoms. The van der Waals surface area contributed by atoms with E-state index in [1.807, 2.05) is 0 Å². The lowest BCUT2D eigenvalue weighted by Gasteiger charge is -2.15.